The highest BCUT2D eigenvalue weighted by Gasteiger charge is 2.17. The molecule has 0 bridgehead atoms. The van der Waals surface area contributed by atoms with Gasteiger partial charge in [0.25, 0.3) is 0 Å². The maximum absolute atomic E-state index is 9.92. The highest BCUT2D eigenvalue weighted by atomic mass is 32.1. The molecule has 7 nitrogen and oxygen atoms in total. The number of rotatable bonds is 3. The summed E-state index contributed by atoms with van der Waals surface area (Å²) in [7, 11) is 0. The van der Waals surface area contributed by atoms with E-state index in [9.17, 15) is 10.2 Å². The van der Waals surface area contributed by atoms with Crippen molar-refractivity contribution in [2.75, 3.05) is 0 Å². The van der Waals surface area contributed by atoms with Crippen molar-refractivity contribution in [3.63, 3.8) is 0 Å². The van der Waals surface area contributed by atoms with Crippen LogP contribution in [0.3, 0.4) is 0 Å². The Bertz CT molecular complexity index is 735. The van der Waals surface area contributed by atoms with Crippen molar-refractivity contribution in [2.45, 2.75) is 13.5 Å². The molecule has 3 rings (SSSR count). The summed E-state index contributed by atoms with van der Waals surface area (Å²) >= 11 is 1.27. The SMILES string of the molecule is CCn1nnc(-c2sc(-c3ccc(O)cc3)nc2O)n1. The topological polar surface area (TPSA) is 97.0 Å². The Kier molecular flexibility index (Phi) is 3.07. The summed E-state index contributed by atoms with van der Waals surface area (Å²) in [4.78, 5) is 6.02. The van der Waals surface area contributed by atoms with E-state index in [1.165, 1.54) is 16.1 Å². The molecular weight excluding hydrogens is 278 g/mol. The summed E-state index contributed by atoms with van der Waals surface area (Å²) in [5.74, 6) is 0.419. The summed E-state index contributed by atoms with van der Waals surface area (Å²) in [5.41, 5.74) is 0.803. The van der Waals surface area contributed by atoms with E-state index < -0.39 is 0 Å². The number of thiazole rings is 1. The molecule has 0 fully saturated rings. The van der Waals surface area contributed by atoms with E-state index in [0.717, 1.165) is 5.56 Å². The molecule has 0 aliphatic rings. The fourth-order valence-electron chi connectivity index (χ4n) is 1.65. The second kappa shape index (κ2) is 4.89. The quantitative estimate of drug-likeness (QED) is 0.764. The Labute approximate surface area is 118 Å². The van der Waals surface area contributed by atoms with Crippen molar-refractivity contribution in [2.24, 2.45) is 0 Å². The van der Waals surface area contributed by atoms with Crippen LogP contribution >= 0.6 is 11.3 Å². The number of benzene rings is 1. The summed E-state index contributed by atoms with van der Waals surface area (Å²) in [6, 6.07) is 6.60. The van der Waals surface area contributed by atoms with Crippen LogP contribution in [0.15, 0.2) is 24.3 Å². The van der Waals surface area contributed by atoms with Crippen molar-refractivity contribution >= 4 is 11.3 Å². The molecule has 1 aromatic carbocycles. The van der Waals surface area contributed by atoms with Gasteiger partial charge in [0, 0.05) is 5.56 Å². The number of aryl methyl sites for hydroxylation is 1. The van der Waals surface area contributed by atoms with Gasteiger partial charge in [0.1, 0.15) is 15.6 Å². The minimum absolute atomic E-state index is 0.117. The first-order chi connectivity index (χ1) is 9.67. The lowest BCUT2D eigenvalue weighted by molar-refractivity contribution is 0.459. The van der Waals surface area contributed by atoms with E-state index in [2.05, 4.69) is 20.4 Å². The number of aromatic hydroxyl groups is 2. The average molecular weight is 289 g/mol. The normalized spacial score (nSPS) is 10.8. The van der Waals surface area contributed by atoms with Gasteiger partial charge >= 0.3 is 0 Å². The van der Waals surface area contributed by atoms with E-state index in [1.54, 1.807) is 24.3 Å². The highest BCUT2D eigenvalue weighted by Crippen LogP contribution is 2.37. The number of phenolic OH excluding ortho intramolecular Hbond substituents is 1. The standard InChI is InChI=1S/C12H11N5O2S/c1-2-17-15-10(14-16-17)9-11(19)13-12(20-9)7-3-5-8(18)6-4-7/h3-6,18-19H,2H2,1H3. The van der Waals surface area contributed by atoms with Crippen LogP contribution in [-0.4, -0.2) is 35.4 Å². The van der Waals surface area contributed by atoms with Crippen LogP contribution in [0.25, 0.3) is 21.3 Å². The molecule has 8 heteroatoms. The van der Waals surface area contributed by atoms with Gasteiger partial charge in [-0.15, -0.1) is 21.5 Å². The molecule has 20 heavy (non-hydrogen) atoms. The lowest BCUT2D eigenvalue weighted by Crippen LogP contribution is -1.98. The molecule has 0 saturated heterocycles. The Morgan fingerprint density at radius 1 is 1.20 bits per heavy atom. The van der Waals surface area contributed by atoms with E-state index in [4.69, 9.17) is 0 Å². The maximum atomic E-state index is 9.92. The largest absolute Gasteiger partial charge is 0.508 e. The molecule has 2 N–H and O–H groups in total. The van der Waals surface area contributed by atoms with Crippen molar-refractivity contribution in [3.8, 4) is 32.9 Å². The van der Waals surface area contributed by atoms with Crippen LogP contribution < -0.4 is 0 Å². The first-order valence-corrected chi connectivity index (χ1v) is 6.76. The molecule has 0 unspecified atom stereocenters. The third kappa shape index (κ3) is 2.21. The molecule has 0 saturated carbocycles. The maximum Gasteiger partial charge on any atom is 0.234 e. The van der Waals surface area contributed by atoms with Gasteiger partial charge in [-0.1, -0.05) is 0 Å². The molecule has 0 radical (unpaired) electrons. The van der Waals surface area contributed by atoms with Crippen molar-refractivity contribution < 1.29 is 10.2 Å². The number of aromatic nitrogens is 5. The highest BCUT2D eigenvalue weighted by molar-refractivity contribution is 7.18. The molecule has 0 aliphatic heterocycles. The lowest BCUT2D eigenvalue weighted by atomic mass is 10.2. The Hall–Kier alpha value is -2.48. The number of tetrazole rings is 1. The van der Waals surface area contributed by atoms with Gasteiger partial charge in [-0.25, -0.2) is 4.98 Å². The zero-order chi connectivity index (χ0) is 14.1. The first-order valence-electron chi connectivity index (χ1n) is 5.94. The second-order valence-electron chi connectivity index (χ2n) is 4.02. The third-order valence-corrected chi connectivity index (χ3v) is 3.75. The summed E-state index contributed by atoms with van der Waals surface area (Å²) in [5, 5.41) is 31.7. The Morgan fingerprint density at radius 2 is 1.95 bits per heavy atom. The molecular formula is C12H11N5O2S. The van der Waals surface area contributed by atoms with Gasteiger partial charge in [0.15, 0.2) is 0 Å². The van der Waals surface area contributed by atoms with E-state index >= 15 is 0 Å². The zero-order valence-electron chi connectivity index (χ0n) is 10.6. The van der Waals surface area contributed by atoms with Gasteiger partial charge in [-0.2, -0.15) is 4.80 Å². The molecule has 3 aromatic rings. The predicted molar refractivity (Wildman–Crippen MR) is 73.4 cm³/mol. The van der Waals surface area contributed by atoms with Gasteiger partial charge in [-0.05, 0) is 36.4 Å². The smallest absolute Gasteiger partial charge is 0.234 e. The van der Waals surface area contributed by atoms with Crippen LogP contribution in [0.1, 0.15) is 6.92 Å². The van der Waals surface area contributed by atoms with Gasteiger partial charge in [0.2, 0.25) is 11.7 Å². The van der Waals surface area contributed by atoms with E-state index in [1.807, 2.05) is 6.92 Å². The monoisotopic (exact) mass is 289 g/mol. The van der Waals surface area contributed by atoms with Gasteiger partial charge in [-0.3, -0.25) is 0 Å². The Balaban J connectivity index is 2.00. The fourth-order valence-corrected chi connectivity index (χ4v) is 2.54. The number of hydrogen-bond acceptors (Lipinski definition) is 7. The molecule has 0 aliphatic carbocycles. The third-order valence-electron chi connectivity index (χ3n) is 2.66. The van der Waals surface area contributed by atoms with Crippen LogP contribution in [0.5, 0.6) is 11.6 Å². The minimum Gasteiger partial charge on any atom is -0.508 e. The van der Waals surface area contributed by atoms with Crippen LogP contribution in [0.4, 0.5) is 0 Å². The molecule has 2 aromatic heterocycles. The molecule has 0 spiro atoms. The van der Waals surface area contributed by atoms with Crippen LogP contribution in [0, 0.1) is 0 Å². The van der Waals surface area contributed by atoms with Gasteiger partial charge in [0.05, 0.1) is 6.54 Å². The fraction of sp³-hybridized carbons (Fsp3) is 0.167. The molecule has 0 amide bonds. The number of nitrogens with zero attached hydrogens (tertiary/aromatic N) is 5. The van der Waals surface area contributed by atoms with Crippen molar-refractivity contribution in [3.05, 3.63) is 24.3 Å². The summed E-state index contributed by atoms with van der Waals surface area (Å²) in [6.45, 7) is 2.51. The van der Waals surface area contributed by atoms with E-state index in [-0.39, 0.29) is 11.6 Å². The number of phenols is 1. The summed E-state index contributed by atoms with van der Waals surface area (Å²) < 4.78 is 0. The second-order valence-corrected chi connectivity index (χ2v) is 5.02. The Morgan fingerprint density at radius 3 is 2.60 bits per heavy atom. The molecule has 102 valence electrons. The average Bonchev–Trinajstić information content (AvgIpc) is 3.05. The lowest BCUT2D eigenvalue weighted by Gasteiger charge is -1.95. The minimum atomic E-state index is -0.117. The molecule has 2 heterocycles. The first kappa shape index (κ1) is 12.5. The van der Waals surface area contributed by atoms with Gasteiger partial charge < -0.3 is 10.2 Å². The number of hydrogen-bond donors (Lipinski definition) is 2. The molecule has 0 atom stereocenters. The van der Waals surface area contributed by atoms with Crippen LogP contribution in [0.2, 0.25) is 0 Å². The summed E-state index contributed by atoms with van der Waals surface area (Å²) in [6.07, 6.45) is 0. The van der Waals surface area contributed by atoms with Crippen LogP contribution in [-0.2, 0) is 6.54 Å². The van der Waals surface area contributed by atoms with Crippen molar-refractivity contribution in [1.29, 1.82) is 0 Å². The van der Waals surface area contributed by atoms with Crippen molar-refractivity contribution in [1.82, 2.24) is 25.2 Å². The zero-order valence-corrected chi connectivity index (χ0v) is 11.4. The predicted octanol–water partition coefficient (Wildman–Crippen LogP) is 1.89. The van der Waals surface area contributed by atoms with E-state index in [0.29, 0.717) is 22.3 Å².